The highest BCUT2D eigenvalue weighted by molar-refractivity contribution is 7.18. The summed E-state index contributed by atoms with van der Waals surface area (Å²) < 4.78 is 0. The summed E-state index contributed by atoms with van der Waals surface area (Å²) in [6, 6.07) is 8.67. The molecule has 0 aliphatic carbocycles. The van der Waals surface area contributed by atoms with Crippen molar-refractivity contribution in [2.24, 2.45) is 0 Å². The molecule has 1 N–H and O–H groups in total. The third-order valence-electron chi connectivity index (χ3n) is 2.37. The predicted octanol–water partition coefficient (Wildman–Crippen LogP) is 3.41. The Morgan fingerprint density at radius 2 is 2.00 bits per heavy atom. The molecule has 0 saturated heterocycles. The van der Waals surface area contributed by atoms with Gasteiger partial charge in [-0.25, -0.2) is 4.98 Å². The number of thiazole rings is 1. The number of nitrogens with one attached hydrogen (secondary N) is 1. The molecule has 0 bridgehead atoms. The van der Waals surface area contributed by atoms with Crippen LogP contribution in [0.25, 0.3) is 10.4 Å². The fourth-order valence-electron chi connectivity index (χ4n) is 1.43. The molecular weight excluding hydrogens is 204 g/mol. The molecule has 0 atom stereocenters. The van der Waals surface area contributed by atoms with E-state index >= 15 is 0 Å². The molecule has 2 aromatic rings. The number of anilines is 1. The summed E-state index contributed by atoms with van der Waals surface area (Å²) in [5.74, 6) is 0. The Hall–Kier alpha value is -1.35. The fraction of sp³-hybridized carbons (Fsp3) is 0.250. The lowest BCUT2D eigenvalue weighted by atomic mass is 10.1. The van der Waals surface area contributed by atoms with Crippen molar-refractivity contribution in [1.82, 2.24) is 4.98 Å². The van der Waals surface area contributed by atoms with Crippen LogP contribution in [0, 0.1) is 0 Å². The predicted molar refractivity (Wildman–Crippen MR) is 66.5 cm³/mol. The molecule has 3 heteroatoms. The van der Waals surface area contributed by atoms with Crippen LogP contribution >= 0.6 is 11.3 Å². The Morgan fingerprint density at radius 3 is 2.53 bits per heavy atom. The highest BCUT2D eigenvalue weighted by Gasteiger charge is 2.02. The van der Waals surface area contributed by atoms with Crippen LogP contribution in [-0.4, -0.2) is 12.0 Å². The Morgan fingerprint density at radius 1 is 1.27 bits per heavy atom. The highest BCUT2D eigenvalue weighted by Crippen LogP contribution is 2.28. The second-order valence-corrected chi connectivity index (χ2v) is 4.36. The van der Waals surface area contributed by atoms with Gasteiger partial charge in [0.2, 0.25) is 0 Å². The van der Waals surface area contributed by atoms with Crippen molar-refractivity contribution in [3.63, 3.8) is 0 Å². The highest BCUT2D eigenvalue weighted by atomic mass is 32.1. The van der Waals surface area contributed by atoms with E-state index in [1.807, 2.05) is 13.2 Å². The molecule has 1 aromatic heterocycles. The van der Waals surface area contributed by atoms with Crippen molar-refractivity contribution in [1.29, 1.82) is 0 Å². The normalized spacial score (nSPS) is 10.3. The number of aryl methyl sites for hydroxylation is 1. The van der Waals surface area contributed by atoms with Crippen LogP contribution in [0.3, 0.4) is 0 Å². The zero-order valence-electron chi connectivity index (χ0n) is 8.95. The lowest BCUT2D eigenvalue weighted by Crippen LogP contribution is -1.83. The third-order valence-corrected chi connectivity index (χ3v) is 3.43. The Bertz CT molecular complexity index is 431. The van der Waals surface area contributed by atoms with E-state index in [1.165, 1.54) is 16.0 Å². The molecular formula is C12H14N2S. The standard InChI is InChI=1S/C12H14N2S/c1-3-9-4-6-10(7-5-9)11-8-14-12(13-2)15-11/h4-8H,3H2,1-2H3,(H,13,14). The van der Waals surface area contributed by atoms with Gasteiger partial charge in [-0.2, -0.15) is 0 Å². The molecule has 2 rings (SSSR count). The van der Waals surface area contributed by atoms with E-state index < -0.39 is 0 Å². The number of hydrogen-bond acceptors (Lipinski definition) is 3. The maximum absolute atomic E-state index is 4.26. The van der Waals surface area contributed by atoms with Crippen LogP contribution in [0.4, 0.5) is 5.13 Å². The van der Waals surface area contributed by atoms with Gasteiger partial charge in [0.1, 0.15) is 0 Å². The molecule has 0 aliphatic heterocycles. The molecule has 1 heterocycles. The fourth-order valence-corrected chi connectivity index (χ4v) is 2.20. The van der Waals surface area contributed by atoms with Crippen LogP contribution in [0.2, 0.25) is 0 Å². The first kappa shape index (κ1) is 10.2. The lowest BCUT2D eigenvalue weighted by Gasteiger charge is -1.98. The number of nitrogens with zero attached hydrogens (tertiary/aromatic N) is 1. The number of rotatable bonds is 3. The average molecular weight is 218 g/mol. The zero-order valence-corrected chi connectivity index (χ0v) is 9.77. The smallest absolute Gasteiger partial charge is 0.182 e. The van der Waals surface area contributed by atoms with Gasteiger partial charge < -0.3 is 5.32 Å². The Balaban J connectivity index is 2.28. The van der Waals surface area contributed by atoms with Gasteiger partial charge in [-0.15, -0.1) is 0 Å². The first-order valence-electron chi connectivity index (χ1n) is 5.06. The molecule has 0 spiro atoms. The van der Waals surface area contributed by atoms with E-state index in [0.29, 0.717) is 0 Å². The maximum Gasteiger partial charge on any atom is 0.182 e. The summed E-state index contributed by atoms with van der Waals surface area (Å²) in [5, 5.41) is 4.01. The summed E-state index contributed by atoms with van der Waals surface area (Å²) in [6.45, 7) is 2.17. The van der Waals surface area contributed by atoms with E-state index in [2.05, 4.69) is 41.5 Å². The number of aromatic nitrogens is 1. The summed E-state index contributed by atoms with van der Waals surface area (Å²) in [6.07, 6.45) is 3.00. The third kappa shape index (κ3) is 2.18. The van der Waals surface area contributed by atoms with Crippen LogP contribution in [0.1, 0.15) is 12.5 Å². The maximum atomic E-state index is 4.26. The van der Waals surface area contributed by atoms with Crippen molar-refractivity contribution >= 4 is 16.5 Å². The van der Waals surface area contributed by atoms with Gasteiger partial charge in [-0.05, 0) is 17.5 Å². The molecule has 0 unspecified atom stereocenters. The van der Waals surface area contributed by atoms with Crippen LogP contribution in [0.5, 0.6) is 0 Å². The first-order valence-corrected chi connectivity index (χ1v) is 5.88. The van der Waals surface area contributed by atoms with Crippen molar-refractivity contribution in [2.75, 3.05) is 12.4 Å². The minimum Gasteiger partial charge on any atom is -0.365 e. The van der Waals surface area contributed by atoms with Gasteiger partial charge in [0.05, 0.1) is 4.88 Å². The number of hydrogen-bond donors (Lipinski definition) is 1. The van der Waals surface area contributed by atoms with Crippen molar-refractivity contribution in [3.05, 3.63) is 36.0 Å². The number of benzene rings is 1. The minimum absolute atomic E-state index is 0.963. The molecule has 0 fully saturated rings. The first-order chi connectivity index (χ1) is 7.33. The van der Waals surface area contributed by atoms with Gasteiger partial charge >= 0.3 is 0 Å². The van der Waals surface area contributed by atoms with Gasteiger partial charge in [0.25, 0.3) is 0 Å². The largest absolute Gasteiger partial charge is 0.365 e. The SMILES string of the molecule is CCc1ccc(-c2cnc(NC)s2)cc1. The zero-order chi connectivity index (χ0) is 10.7. The molecule has 0 amide bonds. The molecule has 78 valence electrons. The van der Waals surface area contributed by atoms with Gasteiger partial charge in [-0.1, -0.05) is 42.5 Å². The van der Waals surface area contributed by atoms with Crippen LogP contribution in [0.15, 0.2) is 30.5 Å². The van der Waals surface area contributed by atoms with Crippen molar-refractivity contribution < 1.29 is 0 Å². The van der Waals surface area contributed by atoms with E-state index in [1.54, 1.807) is 11.3 Å². The van der Waals surface area contributed by atoms with Crippen molar-refractivity contribution in [2.45, 2.75) is 13.3 Å². The topological polar surface area (TPSA) is 24.9 Å². The van der Waals surface area contributed by atoms with Crippen LogP contribution in [-0.2, 0) is 6.42 Å². The Labute approximate surface area is 94.0 Å². The second-order valence-electron chi connectivity index (χ2n) is 3.33. The van der Waals surface area contributed by atoms with E-state index in [4.69, 9.17) is 0 Å². The Kier molecular flexibility index (Phi) is 3.02. The average Bonchev–Trinajstić information content (AvgIpc) is 2.78. The van der Waals surface area contributed by atoms with Gasteiger partial charge in [-0.3, -0.25) is 0 Å². The monoisotopic (exact) mass is 218 g/mol. The molecule has 0 aliphatic rings. The van der Waals surface area contributed by atoms with Crippen molar-refractivity contribution in [3.8, 4) is 10.4 Å². The molecule has 2 nitrogen and oxygen atoms in total. The van der Waals surface area contributed by atoms with Gasteiger partial charge in [0, 0.05) is 13.2 Å². The van der Waals surface area contributed by atoms with E-state index in [9.17, 15) is 0 Å². The summed E-state index contributed by atoms with van der Waals surface area (Å²) in [5.41, 5.74) is 2.61. The molecule has 0 saturated carbocycles. The molecule has 0 radical (unpaired) electrons. The van der Waals surface area contributed by atoms with E-state index in [-0.39, 0.29) is 0 Å². The van der Waals surface area contributed by atoms with Crippen LogP contribution < -0.4 is 5.32 Å². The molecule has 15 heavy (non-hydrogen) atoms. The van der Waals surface area contributed by atoms with Gasteiger partial charge in [0.15, 0.2) is 5.13 Å². The quantitative estimate of drug-likeness (QED) is 0.854. The lowest BCUT2D eigenvalue weighted by molar-refractivity contribution is 1.14. The minimum atomic E-state index is 0.963. The molecule has 1 aromatic carbocycles. The van der Waals surface area contributed by atoms with E-state index in [0.717, 1.165) is 11.6 Å². The summed E-state index contributed by atoms with van der Waals surface area (Å²) >= 11 is 1.68. The summed E-state index contributed by atoms with van der Waals surface area (Å²) in [4.78, 5) is 5.47. The second kappa shape index (κ2) is 4.45. The summed E-state index contributed by atoms with van der Waals surface area (Å²) in [7, 11) is 1.89.